The molecule has 35 heavy (non-hydrogen) atoms. The molecule has 2 N–H and O–H groups in total. The Labute approximate surface area is 212 Å². The number of rotatable bonds is 7. The summed E-state index contributed by atoms with van der Waals surface area (Å²) in [5.41, 5.74) is 0.642. The molecule has 1 aliphatic rings. The van der Waals surface area contributed by atoms with Crippen LogP contribution in [0.5, 0.6) is 0 Å². The lowest BCUT2D eigenvalue weighted by Gasteiger charge is -2.35. The number of hydrogen-bond donors (Lipinski definition) is 2. The Kier molecular flexibility index (Phi) is 7.33. The van der Waals surface area contributed by atoms with Gasteiger partial charge in [0.15, 0.2) is 0 Å². The summed E-state index contributed by atoms with van der Waals surface area (Å²) in [7, 11) is -3.99. The van der Waals surface area contributed by atoms with Crippen molar-refractivity contribution in [2.24, 2.45) is 0 Å². The largest absolute Gasteiger partial charge is 0.478 e. The van der Waals surface area contributed by atoms with Crippen molar-refractivity contribution in [1.82, 2.24) is 9.88 Å². The van der Waals surface area contributed by atoms with Crippen molar-refractivity contribution >= 4 is 61.6 Å². The fraction of sp³-hybridized carbons (Fsp3) is 0.261. The van der Waals surface area contributed by atoms with Crippen LogP contribution in [0.3, 0.4) is 0 Å². The summed E-state index contributed by atoms with van der Waals surface area (Å²) in [6, 6.07) is 12.2. The molecule has 0 radical (unpaired) electrons. The first-order valence-corrected chi connectivity index (χ1v) is 12.9. The van der Waals surface area contributed by atoms with Crippen molar-refractivity contribution in [1.29, 1.82) is 5.26 Å². The molecule has 12 heteroatoms. The molecule has 9 nitrogen and oxygen atoms in total. The van der Waals surface area contributed by atoms with E-state index in [1.165, 1.54) is 36.4 Å². The van der Waals surface area contributed by atoms with Gasteiger partial charge in [0.1, 0.15) is 5.82 Å². The molecule has 1 aliphatic heterocycles. The number of halogens is 2. The highest BCUT2D eigenvalue weighted by Crippen LogP contribution is 2.29. The van der Waals surface area contributed by atoms with E-state index in [2.05, 4.69) is 20.7 Å². The quantitative estimate of drug-likeness (QED) is 0.465. The molecule has 182 valence electrons. The number of aromatic nitrogens is 1. The van der Waals surface area contributed by atoms with E-state index < -0.39 is 16.0 Å². The third-order valence-corrected chi connectivity index (χ3v) is 7.83. The van der Waals surface area contributed by atoms with Crippen molar-refractivity contribution < 1.29 is 18.3 Å². The number of anilines is 2. The van der Waals surface area contributed by atoms with Crippen LogP contribution in [0.2, 0.25) is 10.0 Å². The van der Waals surface area contributed by atoms with Gasteiger partial charge in [-0.1, -0.05) is 23.2 Å². The summed E-state index contributed by atoms with van der Waals surface area (Å²) in [6.07, 6.45) is 0.467. The lowest BCUT2D eigenvalue weighted by atomic mass is 10.1. The molecule has 0 spiro atoms. The van der Waals surface area contributed by atoms with Crippen LogP contribution in [0.15, 0.2) is 47.4 Å². The molecule has 0 saturated carbocycles. The molecule has 4 rings (SSSR count). The Morgan fingerprint density at radius 2 is 1.83 bits per heavy atom. The first-order chi connectivity index (χ1) is 16.7. The van der Waals surface area contributed by atoms with E-state index in [1.807, 2.05) is 4.90 Å². The molecule has 1 aromatic heterocycles. The van der Waals surface area contributed by atoms with Crippen molar-refractivity contribution in [3.8, 4) is 6.07 Å². The number of aromatic carboxylic acids is 1. The van der Waals surface area contributed by atoms with Crippen molar-refractivity contribution in [3.63, 3.8) is 0 Å². The number of benzene rings is 2. The molecule has 2 heterocycles. The maximum Gasteiger partial charge on any atom is 0.336 e. The lowest BCUT2D eigenvalue weighted by molar-refractivity contribution is 0.0699. The zero-order chi connectivity index (χ0) is 25.2. The molecule has 0 aliphatic carbocycles. The summed E-state index contributed by atoms with van der Waals surface area (Å²) in [5, 5.41) is 19.3. The van der Waals surface area contributed by atoms with Crippen molar-refractivity contribution in [2.45, 2.75) is 11.3 Å². The van der Waals surface area contributed by atoms with E-state index in [1.54, 1.807) is 6.07 Å². The minimum absolute atomic E-state index is 0.0208. The minimum atomic E-state index is -3.99. The predicted octanol–water partition coefficient (Wildman–Crippen LogP) is 4.08. The van der Waals surface area contributed by atoms with Crippen LogP contribution in [0, 0.1) is 11.3 Å². The van der Waals surface area contributed by atoms with E-state index in [-0.39, 0.29) is 26.2 Å². The Morgan fingerprint density at radius 3 is 2.49 bits per heavy atom. The molecule has 3 aromatic rings. The fourth-order valence-corrected chi connectivity index (χ4v) is 5.32. The molecule has 0 atom stereocenters. The van der Waals surface area contributed by atoms with E-state index in [0.717, 1.165) is 13.1 Å². The average Bonchev–Trinajstić information content (AvgIpc) is 2.83. The zero-order valence-electron chi connectivity index (χ0n) is 18.4. The van der Waals surface area contributed by atoms with Crippen LogP contribution in [-0.4, -0.2) is 62.1 Å². The molecule has 0 bridgehead atoms. The smallest absolute Gasteiger partial charge is 0.336 e. The average molecular weight is 534 g/mol. The fourth-order valence-electron chi connectivity index (χ4n) is 3.88. The summed E-state index contributed by atoms with van der Waals surface area (Å²) in [4.78, 5) is 20.8. The number of pyridine rings is 1. The highest BCUT2D eigenvalue weighted by molar-refractivity contribution is 7.92. The molecular weight excluding hydrogens is 513 g/mol. The van der Waals surface area contributed by atoms with Gasteiger partial charge in [-0.15, -0.1) is 0 Å². The van der Waals surface area contributed by atoms with Gasteiger partial charge in [0.25, 0.3) is 10.0 Å². The SMILES string of the molecule is N#CCCN1CCN(c2cc(C(=O)O)c3cc(NS(=O)(=O)c4ccc(Cl)c(Cl)c4)ccc3n2)CC1. The number of sulfonamides is 1. The third kappa shape index (κ3) is 5.60. The Bertz CT molecular complexity index is 1430. The lowest BCUT2D eigenvalue weighted by Crippen LogP contribution is -2.46. The zero-order valence-corrected chi connectivity index (χ0v) is 20.7. The monoisotopic (exact) mass is 533 g/mol. The number of nitrogens with one attached hydrogen (secondary N) is 1. The van der Waals surface area contributed by atoms with E-state index in [9.17, 15) is 18.3 Å². The molecule has 1 saturated heterocycles. The Hall–Kier alpha value is -3.10. The van der Waals surface area contributed by atoms with Gasteiger partial charge in [0.05, 0.1) is 32.1 Å². The van der Waals surface area contributed by atoms with Crippen LogP contribution >= 0.6 is 23.2 Å². The Balaban J connectivity index is 1.62. The molecule has 0 unspecified atom stereocenters. The summed E-state index contributed by atoms with van der Waals surface area (Å²) in [5.74, 6) is -0.602. The highest BCUT2D eigenvalue weighted by Gasteiger charge is 2.22. The number of nitriles is 1. The number of fused-ring (bicyclic) bond motifs is 1. The summed E-state index contributed by atoms with van der Waals surface area (Å²) in [6.45, 7) is 3.52. The topological polar surface area (TPSA) is 127 Å². The molecular formula is C23H21Cl2N5O4S. The Morgan fingerprint density at radius 1 is 1.09 bits per heavy atom. The van der Waals surface area contributed by atoms with Gasteiger partial charge in [-0.3, -0.25) is 9.62 Å². The van der Waals surface area contributed by atoms with Gasteiger partial charge in [-0.2, -0.15) is 5.26 Å². The second kappa shape index (κ2) is 10.3. The van der Waals surface area contributed by atoms with E-state index in [4.69, 9.17) is 28.5 Å². The van der Waals surface area contributed by atoms with Crippen LogP contribution in [0.1, 0.15) is 16.8 Å². The summed E-state index contributed by atoms with van der Waals surface area (Å²) >= 11 is 11.8. The third-order valence-electron chi connectivity index (χ3n) is 5.72. The van der Waals surface area contributed by atoms with Crippen LogP contribution in [-0.2, 0) is 10.0 Å². The molecule has 2 aromatic carbocycles. The van der Waals surface area contributed by atoms with Gasteiger partial charge >= 0.3 is 5.97 Å². The number of carbonyl (C=O) groups is 1. The number of carboxylic acid groups (broad SMARTS) is 1. The molecule has 0 amide bonds. The second-order valence-corrected chi connectivity index (χ2v) is 10.5. The van der Waals surface area contributed by atoms with E-state index in [0.29, 0.717) is 42.8 Å². The first-order valence-electron chi connectivity index (χ1n) is 10.7. The van der Waals surface area contributed by atoms with Gasteiger partial charge < -0.3 is 10.0 Å². The predicted molar refractivity (Wildman–Crippen MR) is 135 cm³/mol. The standard InChI is InChI=1S/C23H21Cl2N5O4S/c24-19-4-3-16(13-20(19)25)35(33,34)28-15-2-5-21-17(12-15)18(23(31)32)14-22(27-21)30-10-8-29(9-11-30)7-1-6-26/h2-5,12-14,28H,1,7-11H2,(H,31,32). The number of piperazine rings is 1. The highest BCUT2D eigenvalue weighted by atomic mass is 35.5. The number of carboxylic acids is 1. The van der Waals surface area contributed by atoms with Crippen molar-refractivity contribution in [3.05, 3.63) is 58.1 Å². The van der Waals surface area contributed by atoms with E-state index >= 15 is 0 Å². The van der Waals surface area contributed by atoms with Gasteiger partial charge in [0, 0.05) is 50.2 Å². The van der Waals surface area contributed by atoms with Crippen LogP contribution in [0.4, 0.5) is 11.5 Å². The minimum Gasteiger partial charge on any atom is -0.478 e. The summed E-state index contributed by atoms with van der Waals surface area (Å²) < 4.78 is 28.0. The van der Waals surface area contributed by atoms with Crippen LogP contribution < -0.4 is 9.62 Å². The maximum absolute atomic E-state index is 12.8. The van der Waals surface area contributed by atoms with Crippen LogP contribution in [0.25, 0.3) is 10.9 Å². The first kappa shape index (κ1) is 25.0. The normalized spacial score (nSPS) is 14.6. The maximum atomic E-state index is 12.8. The van der Waals surface area contributed by atoms with Gasteiger partial charge in [-0.25, -0.2) is 18.2 Å². The molecule has 1 fully saturated rings. The number of nitrogens with zero attached hydrogens (tertiary/aromatic N) is 4. The number of hydrogen-bond acceptors (Lipinski definition) is 7. The second-order valence-electron chi connectivity index (χ2n) is 7.98. The van der Waals surface area contributed by atoms with Crippen molar-refractivity contribution in [2.75, 3.05) is 42.3 Å². The van der Waals surface area contributed by atoms with Gasteiger partial charge in [0.2, 0.25) is 0 Å². The van der Waals surface area contributed by atoms with Gasteiger partial charge in [-0.05, 0) is 42.5 Å².